The van der Waals surface area contributed by atoms with Crippen molar-refractivity contribution in [2.45, 2.75) is 38.6 Å². The fourth-order valence-electron chi connectivity index (χ4n) is 2.16. The number of nitrogens with zero attached hydrogens (tertiary/aromatic N) is 1. The molecule has 82 valence electrons. The Bertz CT molecular complexity index is 196. The molecule has 0 aromatic heterocycles. The van der Waals surface area contributed by atoms with Gasteiger partial charge in [-0.2, -0.15) is 0 Å². The molecule has 0 aromatic carbocycles. The van der Waals surface area contributed by atoms with Gasteiger partial charge in [-0.25, -0.2) is 4.79 Å². The number of rotatable bonds is 2. The lowest BCUT2D eigenvalue weighted by Crippen LogP contribution is -2.47. The molecule has 0 aliphatic carbocycles. The second-order valence-corrected chi connectivity index (χ2v) is 4.16. The predicted molar refractivity (Wildman–Crippen MR) is 56.8 cm³/mol. The number of urea groups is 1. The third kappa shape index (κ3) is 2.61. The van der Waals surface area contributed by atoms with Crippen LogP contribution in [-0.2, 0) is 0 Å². The van der Waals surface area contributed by atoms with Crippen molar-refractivity contribution in [2.24, 2.45) is 17.4 Å². The van der Waals surface area contributed by atoms with Crippen LogP contribution in [0.2, 0.25) is 0 Å². The van der Waals surface area contributed by atoms with Crippen LogP contribution in [0, 0.1) is 5.92 Å². The molecule has 1 heterocycles. The van der Waals surface area contributed by atoms with Gasteiger partial charge in [0.1, 0.15) is 0 Å². The summed E-state index contributed by atoms with van der Waals surface area (Å²) in [5.41, 5.74) is 11.0. The smallest absolute Gasteiger partial charge is 0.315 e. The van der Waals surface area contributed by atoms with Crippen LogP contribution < -0.4 is 11.5 Å². The number of hydrogen-bond donors (Lipinski definition) is 2. The Morgan fingerprint density at radius 1 is 1.50 bits per heavy atom. The zero-order valence-electron chi connectivity index (χ0n) is 8.91. The first-order valence-corrected chi connectivity index (χ1v) is 5.43. The average molecular weight is 199 g/mol. The maximum atomic E-state index is 11.2. The molecule has 0 saturated carbocycles. The summed E-state index contributed by atoms with van der Waals surface area (Å²) in [7, 11) is 0. The molecule has 1 saturated heterocycles. The van der Waals surface area contributed by atoms with Crippen LogP contribution in [0.5, 0.6) is 0 Å². The Labute approximate surface area is 85.6 Å². The van der Waals surface area contributed by atoms with Crippen molar-refractivity contribution in [1.82, 2.24) is 4.90 Å². The van der Waals surface area contributed by atoms with E-state index in [1.165, 1.54) is 12.8 Å². The highest BCUT2D eigenvalue weighted by Gasteiger charge is 2.27. The molecule has 2 atom stereocenters. The summed E-state index contributed by atoms with van der Waals surface area (Å²) in [4.78, 5) is 13.0. The van der Waals surface area contributed by atoms with Crippen molar-refractivity contribution in [3.8, 4) is 0 Å². The van der Waals surface area contributed by atoms with Gasteiger partial charge in [-0.1, -0.05) is 19.8 Å². The number of likely N-dealkylation sites (tertiary alicyclic amines) is 1. The second kappa shape index (κ2) is 5.20. The van der Waals surface area contributed by atoms with Gasteiger partial charge in [0.25, 0.3) is 0 Å². The maximum Gasteiger partial charge on any atom is 0.315 e. The number of carbonyl (C=O) groups is 1. The van der Waals surface area contributed by atoms with Crippen molar-refractivity contribution in [2.75, 3.05) is 13.1 Å². The largest absolute Gasteiger partial charge is 0.351 e. The third-order valence-electron chi connectivity index (χ3n) is 3.11. The number of carbonyl (C=O) groups excluding carboxylic acids is 1. The minimum atomic E-state index is -0.294. The van der Waals surface area contributed by atoms with E-state index < -0.39 is 0 Å². The van der Waals surface area contributed by atoms with Gasteiger partial charge in [0.05, 0.1) is 0 Å². The molecule has 1 aliphatic heterocycles. The maximum absolute atomic E-state index is 11.2. The number of amides is 2. The van der Waals surface area contributed by atoms with E-state index in [0.29, 0.717) is 12.5 Å². The van der Waals surface area contributed by atoms with Crippen LogP contribution in [0.25, 0.3) is 0 Å². The summed E-state index contributed by atoms with van der Waals surface area (Å²) in [5, 5.41) is 0. The van der Waals surface area contributed by atoms with E-state index in [9.17, 15) is 4.79 Å². The van der Waals surface area contributed by atoms with Gasteiger partial charge < -0.3 is 16.4 Å². The zero-order chi connectivity index (χ0) is 10.6. The van der Waals surface area contributed by atoms with Gasteiger partial charge >= 0.3 is 6.03 Å². The molecular weight excluding hydrogens is 178 g/mol. The molecule has 14 heavy (non-hydrogen) atoms. The molecule has 2 amide bonds. The van der Waals surface area contributed by atoms with Crippen molar-refractivity contribution in [1.29, 1.82) is 0 Å². The van der Waals surface area contributed by atoms with Crippen LogP contribution in [0.3, 0.4) is 0 Å². The second-order valence-electron chi connectivity index (χ2n) is 4.16. The van der Waals surface area contributed by atoms with Gasteiger partial charge in [0.15, 0.2) is 0 Å². The van der Waals surface area contributed by atoms with Crippen molar-refractivity contribution >= 4 is 6.03 Å². The Morgan fingerprint density at radius 2 is 2.21 bits per heavy atom. The van der Waals surface area contributed by atoms with Crippen LogP contribution >= 0.6 is 0 Å². The van der Waals surface area contributed by atoms with E-state index in [1.807, 2.05) is 0 Å². The summed E-state index contributed by atoms with van der Waals surface area (Å²) in [5.74, 6) is 0.348. The predicted octanol–water partition coefficient (Wildman–Crippen LogP) is 0.904. The fraction of sp³-hybridized carbons (Fsp3) is 0.900. The SMILES string of the molecule is CC(CN)C1CCCCCN1C(N)=O. The van der Waals surface area contributed by atoms with Gasteiger partial charge in [-0.3, -0.25) is 0 Å². The van der Waals surface area contributed by atoms with Gasteiger partial charge in [0, 0.05) is 12.6 Å². The lowest BCUT2D eigenvalue weighted by atomic mass is 9.96. The Balaban J connectivity index is 2.68. The first-order chi connectivity index (χ1) is 6.66. The van der Waals surface area contributed by atoms with Crippen molar-refractivity contribution < 1.29 is 4.79 Å². The minimum absolute atomic E-state index is 0.250. The molecule has 0 radical (unpaired) electrons. The Kier molecular flexibility index (Phi) is 4.20. The van der Waals surface area contributed by atoms with E-state index in [-0.39, 0.29) is 12.1 Å². The van der Waals surface area contributed by atoms with Crippen LogP contribution in [0.1, 0.15) is 32.6 Å². The quantitative estimate of drug-likeness (QED) is 0.693. The molecule has 1 aliphatic rings. The molecule has 4 nitrogen and oxygen atoms in total. The number of hydrogen-bond acceptors (Lipinski definition) is 2. The molecule has 0 spiro atoms. The monoisotopic (exact) mass is 199 g/mol. The summed E-state index contributed by atoms with van der Waals surface area (Å²) in [6.45, 7) is 3.50. The van der Waals surface area contributed by atoms with E-state index in [2.05, 4.69) is 6.92 Å². The lowest BCUT2D eigenvalue weighted by molar-refractivity contribution is 0.162. The zero-order valence-corrected chi connectivity index (χ0v) is 8.91. The average Bonchev–Trinajstić information content (AvgIpc) is 2.41. The van der Waals surface area contributed by atoms with E-state index in [4.69, 9.17) is 11.5 Å². The first kappa shape index (κ1) is 11.3. The standard InChI is InChI=1S/C10H21N3O/c1-8(7-11)9-5-3-2-4-6-13(9)10(12)14/h8-9H,2-7,11H2,1H3,(H2,12,14). The van der Waals surface area contributed by atoms with Crippen molar-refractivity contribution in [3.05, 3.63) is 0 Å². The molecular formula is C10H21N3O. The van der Waals surface area contributed by atoms with Gasteiger partial charge in [-0.05, 0) is 25.3 Å². The lowest BCUT2D eigenvalue weighted by Gasteiger charge is -2.32. The Hall–Kier alpha value is -0.770. The van der Waals surface area contributed by atoms with E-state index in [1.54, 1.807) is 4.90 Å². The molecule has 4 heteroatoms. The van der Waals surface area contributed by atoms with Crippen molar-refractivity contribution in [3.63, 3.8) is 0 Å². The molecule has 4 N–H and O–H groups in total. The highest BCUT2D eigenvalue weighted by atomic mass is 16.2. The highest BCUT2D eigenvalue weighted by Crippen LogP contribution is 2.21. The first-order valence-electron chi connectivity index (χ1n) is 5.43. The summed E-state index contributed by atoms with van der Waals surface area (Å²) >= 11 is 0. The molecule has 2 unspecified atom stereocenters. The summed E-state index contributed by atoms with van der Waals surface area (Å²) in [6, 6.07) is -0.0443. The summed E-state index contributed by atoms with van der Waals surface area (Å²) in [6.07, 6.45) is 4.48. The third-order valence-corrected chi connectivity index (χ3v) is 3.11. The number of primary amides is 1. The highest BCUT2D eigenvalue weighted by molar-refractivity contribution is 5.72. The van der Waals surface area contributed by atoms with Crippen LogP contribution in [0.15, 0.2) is 0 Å². The van der Waals surface area contributed by atoms with Crippen LogP contribution in [0.4, 0.5) is 4.79 Å². The topological polar surface area (TPSA) is 72.3 Å². The van der Waals surface area contributed by atoms with Gasteiger partial charge in [0.2, 0.25) is 0 Å². The minimum Gasteiger partial charge on any atom is -0.351 e. The van der Waals surface area contributed by atoms with E-state index >= 15 is 0 Å². The molecule has 1 fully saturated rings. The summed E-state index contributed by atoms with van der Waals surface area (Å²) < 4.78 is 0. The van der Waals surface area contributed by atoms with Gasteiger partial charge in [-0.15, -0.1) is 0 Å². The number of nitrogens with two attached hydrogens (primary N) is 2. The molecule has 0 aromatic rings. The molecule has 1 rings (SSSR count). The molecule has 0 bridgehead atoms. The van der Waals surface area contributed by atoms with E-state index in [0.717, 1.165) is 19.4 Å². The fourth-order valence-corrected chi connectivity index (χ4v) is 2.16. The Morgan fingerprint density at radius 3 is 2.79 bits per heavy atom. The normalized spacial score (nSPS) is 25.6. The van der Waals surface area contributed by atoms with Crippen LogP contribution in [-0.4, -0.2) is 30.1 Å².